The van der Waals surface area contributed by atoms with Gasteiger partial charge in [0.1, 0.15) is 5.75 Å². The molecule has 0 aliphatic heterocycles. The van der Waals surface area contributed by atoms with Crippen molar-refractivity contribution < 1.29 is 14.4 Å². The summed E-state index contributed by atoms with van der Waals surface area (Å²) < 4.78 is 10.8. The van der Waals surface area contributed by atoms with E-state index in [9.17, 15) is 10.1 Å². The van der Waals surface area contributed by atoms with Gasteiger partial charge in [0.25, 0.3) is 5.69 Å². The molecule has 0 unspecified atom stereocenters. The van der Waals surface area contributed by atoms with Gasteiger partial charge in [-0.1, -0.05) is 17.7 Å². The number of nitrogens with zero attached hydrogens (tertiary/aromatic N) is 1. The van der Waals surface area contributed by atoms with Gasteiger partial charge in [-0.05, 0) is 18.2 Å². The van der Waals surface area contributed by atoms with Crippen molar-refractivity contribution in [3.8, 4) is 17.2 Å². The lowest BCUT2D eigenvalue weighted by Gasteiger charge is -2.13. The standard InChI is InChI=1S/C14H11Cl2NO4/c1-20-14-7-9(17(18)19)5-6-13(14)21-12-4-2-3-11(16)10(12)8-15/h2-7H,8H2,1H3. The second kappa shape index (κ2) is 6.65. The quantitative estimate of drug-likeness (QED) is 0.450. The largest absolute Gasteiger partial charge is 0.493 e. The molecule has 0 atom stereocenters. The van der Waals surface area contributed by atoms with Crippen LogP contribution < -0.4 is 9.47 Å². The Labute approximate surface area is 131 Å². The molecule has 21 heavy (non-hydrogen) atoms. The van der Waals surface area contributed by atoms with Crippen LogP contribution in [0.15, 0.2) is 36.4 Å². The van der Waals surface area contributed by atoms with Gasteiger partial charge in [-0.3, -0.25) is 10.1 Å². The molecule has 0 spiro atoms. The number of benzene rings is 2. The topological polar surface area (TPSA) is 61.6 Å². The SMILES string of the molecule is COc1cc([N+](=O)[O-])ccc1Oc1cccc(Cl)c1CCl. The summed E-state index contributed by atoms with van der Waals surface area (Å²) in [6.07, 6.45) is 0. The molecule has 7 heteroatoms. The zero-order valence-electron chi connectivity index (χ0n) is 11.0. The molecular weight excluding hydrogens is 317 g/mol. The van der Waals surface area contributed by atoms with Crippen LogP contribution in [0.4, 0.5) is 5.69 Å². The van der Waals surface area contributed by atoms with Crippen LogP contribution in [-0.4, -0.2) is 12.0 Å². The second-order valence-corrected chi connectivity index (χ2v) is 4.72. The first-order valence-electron chi connectivity index (χ1n) is 5.90. The van der Waals surface area contributed by atoms with Crippen LogP contribution in [0.1, 0.15) is 5.56 Å². The third kappa shape index (κ3) is 3.37. The number of alkyl halides is 1. The summed E-state index contributed by atoms with van der Waals surface area (Å²) >= 11 is 11.9. The fourth-order valence-corrected chi connectivity index (χ4v) is 2.31. The van der Waals surface area contributed by atoms with Crippen molar-refractivity contribution >= 4 is 28.9 Å². The van der Waals surface area contributed by atoms with Crippen LogP contribution in [0.25, 0.3) is 0 Å². The minimum absolute atomic E-state index is 0.0807. The van der Waals surface area contributed by atoms with Crippen LogP contribution in [0, 0.1) is 10.1 Å². The number of hydrogen-bond acceptors (Lipinski definition) is 4. The van der Waals surface area contributed by atoms with Gasteiger partial charge in [-0.25, -0.2) is 0 Å². The van der Waals surface area contributed by atoms with Crippen molar-refractivity contribution in [2.24, 2.45) is 0 Å². The number of ether oxygens (including phenoxy) is 2. The molecule has 5 nitrogen and oxygen atoms in total. The summed E-state index contributed by atoms with van der Waals surface area (Å²) in [4.78, 5) is 10.3. The molecule has 0 amide bonds. The van der Waals surface area contributed by atoms with E-state index < -0.39 is 4.92 Å². The predicted octanol–water partition coefficient (Wildman–Crippen LogP) is 4.79. The summed E-state index contributed by atoms with van der Waals surface area (Å²) in [7, 11) is 1.41. The highest BCUT2D eigenvalue weighted by Crippen LogP contribution is 2.37. The van der Waals surface area contributed by atoms with Crippen LogP contribution in [0.5, 0.6) is 17.2 Å². The van der Waals surface area contributed by atoms with E-state index in [0.717, 1.165) is 0 Å². The molecule has 110 valence electrons. The highest BCUT2D eigenvalue weighted by atomic mass is 35.5. The van der Waals surface area contributed by atoms with Gasteiger partial charge in [-0.2, -0.15) is 0 Å². The van der Waals surface area contributed by atoms with E-state index in [1.54, 1.807) is 18.2 Å². The average molecular weight is 328 g/mol. The Balaban J connectivity index is 2.40. The summed E-state index contributed by atoms with van der Waals surface area (Å²) in [5.74, 6) is 1.26. The lowest BCUT2D eigenvalue weighted by atomic mass is 10.2. The van der Waals surface area contributed by atoms with Crippen molar-refractivity contribution in [3.63, 3.8) is 0 Å². The molecule has 0 bridgehead atoms. The first-order chi connectivity index (χ1) is 10.1. The lowest BCUT2D eigenvalue weighted by Crippen LogP contribution is -1.95. The van der Waals surface area contributed by atoms with Gasteiger partial charge in [-0.15, -0.1) is 11.6 Å². The zero-order chi connectivity index (χ0) is 15.4. The van der Waals surface area contributed by atoms with Crippen molar-refractivity contribution in [1.82, 2.24) is 0 Å². The van der Waals surface area contributed by atoms with Gasteiger partial charge in [0.2, 0.25) is 0 Å². The van der Waals surface area contributed by atoms with Crippen molar-refractivity contribution in [3.05, 3.63) is 57.1 Å². The van der Waals surface area contributed by atoms with Crippen molar-refractivity contribution in [2.45, 2.75) is 5.88 Å². The van der Waals surface area contributed by atoms with E-state index >= 15 is 0 Å². The molecule has 0 radical (unpaired) electrons. The molecule has 0 heterocycles. The maximum atomic E-state index is 10.8. The van der Waals surface area contributed by atoms with E-state index in [4.69, 9.17) is 32.7 Å². The average Bonchev–Trinajstić information content (AvgIpc) is 2.47. The second-order valence-electron chi connectivity index (χ2n) is 4.04. The smallest absolute Gasteiger partial charge is 0.273 e. The maximum absolute atomic E-state index is 10.8. The summed E-state index contributed by atoms with van der Waals surface area (Å²) in [6, 6.07) is 9.24. The Bertz CT molecular complexity index is 676. The fraction of sp³-hybridized carbons (Fsp3) is 0.143. The zero-order valence-corrected chi connectivity index (χ0v) is 12.5. The third-order valence-electron chi connectivity index (χ3n) is 2.79. The number of methoxy groups -OCH3 is 1. The molecule has 0 aromatic heterocycles. The van der Waals surface area contributed by atoms with E-state index in [-0.39, 0.29) is 17.3 Å². The monoisotopic (exact) mass is 327 g/mol. The van der Waals surface area contributed by atoms with Crippen LogP contribution in [-0.2, 0) is 5.88 Å². The molecule has 0 saturated carbocycles. The van der Waals surface area contributed by atoms with Gasteiger partial charge in [0, 0.05) is 16.7 Å². The number of nitro benzene ring substituents is 1. The molecule has 2 aromatic rings. The van der Waals surface area contributed by atoms with E-state index in [1.165, 1.54) is 25.3 Å². The van der Waals surface area contributed by atoms with Gasteiger partial charge < -0.3 is 9.47 Å². The summed E-state index contributed by atoms with van der Waals surface area (Å²) in [5, 5.41) is 11.2. The lowest BCUT2D eigenvalue weighted by molar-refractivity contribution is -0.384. The summed E-state index contributed by atoms with van der Waals surface area (Å²) in [6.45, 7) is 0. The minimum Gasteiger partial charge on any atom is -0.493 e. The minimum atomic E-state index is -0.504. The highest BCUT2D eigenvalue weighted by Gasteiger charge is 2.15. The number of hydrogen-bond donors (Lipinski definition) is 0. The van der Waals surface area contributed by atoms with Crippen LogP contribution >= 0.6 is 23.2 Å². The molecule has 0 aliphatic rings. The highest BCUT2D eigenvalue weighted by molar-refractivity contribution is 6.32. The molecule has 0 saturated heterocycles. The third-order valence-corrected chi connectivity index (χ3v) is 3.41. The molecule has 0 fully saturated rings. The number of nitro groups is 1. The molecular formula is C14H11Cl2NO4. The fourth-order valence-electron chi connectivity index (χ4n) is 1.74. The molecule has 2 rings (SSSR count). The number of halogens is 2. The first kappa shape index (κ1) is 15.4. The van der Waals surface area contributed by atoms with Crippen molar-refractivity contribution in [2.75, 3.05) is 7.11 Å². The van der Waals surface area contributed by atoms with Crippen LogP contribution in [0.3, 0.4) is 0 Å². The van der Waals surface area contributed by atoms with E-state index in [2.05, 4.69) is 0 Å². The Morgan fingerprint density at radius 1 is 1.19 bits per heavy atom. The Morgan fingerprint density at radius 3 is 2.57 bits per heavy atom. The Hall–Kier alpha value is -1.98. The first-order valence-corrected chi connectivity index (χ1v) is 6.81. The van der Waals surface area contributed by atoms with Crippen molar-refractivity contribution in [1.29, 1.82) is 0 Å². The normalized spacial score (nSPS) is 10.2. The Morgan fingerprint density at radius 2 is 1.95 bits per heavy atom. The molecule has 0 aliphatic carbocycles. The maximum Gasteiger partial charge on any atom is 0.273 e. The van der Waals surface area contributed by atoms with Gasteiger partial charge in [0.15, 0.2) is 11.5 Å². The van der Waals surface area contributed by atoms with E-state index in [1.807, 2.05) is 0 Å². The van der Waals surface area contributed by atoms with Gasteiger partial charge >= 0.3 is 0 Å². The summed E-state index contributed by atoms with van der Waals surface area (Å²) in [5.41, 5.74) is 0.559. The molecule has 2 aromatic carbocycles. The number of non-ortho nitro benzene ring substituents is 1. The Kier molecular flexibility index (Phi) is 4.88. The van der Waals surface area contributed by atoms with Gasteiger partial charge in [0.05, 0.1) is 24.0 Å². The predicted molar refractivity (Wildman–Crippen MR) is 80.7 cm³/mol. The number of rotatable bonds is 5. The molecule has 0 N–H and O–H groups in total. The van der Waals surface area contributed by atoms with E-state index in [0.29, 0.717) is 22.1 Å². The van der Waals surface area contributed by atoms with Crippen LogP contribution in [0.2, 0.25) is 5.02 Å².